The number of para-hydroxylation sites is 4. The molecule has 0 unspecified atom stereocenters. The zero-order valence-electron chi connectivity index (χ0n) is 74.5. The fraction of sp³-hybridized carbons (Fsp3) is 0.0976. The van der Waals surface area contributed by atoms with Crippen LogP contribution in [-0.2, 0) is 21.7 Å². The molecule has 0 saturated carbocycles. The molecule has 0 atom stereocenters. The van der Waals surface area contributed by atoms with Crippen molar-refractivity contribution in [1.29, 1.82) is 0 Å². The molecule has 628 valence electrons. The minimum atomic E-state index is -0.205. The highest BCUT2D eigenvalue weighted by Crippen LogP contribution is 2.66. The van der Waals surface area contributed by atoms with Crippen molar-refractivity contribution in [3.05, 3.63) is 476 Å². The molecule has 0 spiro atoms. The highest BCUT2D eigenvalue weighted by atomic mass is 32.2. The first-order chi connectivity index (χ1) is 64.0. The third-order valence-corrected chi connectivity index (χ3v) is 29.2. The summed E-state index contributed by atoms with van der Waals surface area (Å²) in [6.07, 6.45) is 5.56. The molecule has 0 N–H and O–H groups in total. The van der Waals surface area contributed by atoms with E-state index in [1.807, 2.05) is 66.8 Å². The molecule has 3 aliphatic carbocycles. The molecule has 0 amide bonds. The van der Waals surface area contributed by atoms with Crippen LogP contribution < -0.4 is 19.6 Å². The van der Waals surface area contributed by atoms with Crippen LogP contribution in [0.2, 0.25) is 0 Å². The van der Waals surface area contributed by atoms with E-state index in [1.54, 1.807) is 0 Å². The molecular formula is C123H95N7S. The lowest BCUT2D eigenvalue weighted by Crippen LogP contribution is -2.31. The van der Waals surface area contributed by atoms with Gasteiger partial charge in [-0.3, -0.25) is 15.0 Å². The Morgan fingerprint density at radius 3 is 1.02 bits per heavy atom. The summed E-state index contributed by atoms with van der Waals surface area (Å²) in [4.78, 5) is 26.2. The predicted molar refractivity (Wildman–Crippen MR) is 547 cm³/mol. The van der Waals surface area contributed by atoms with Gasteiger partial charge >= 0.3 is 0 Å². The monoisotopic (exact) mass is 1700 g/mol. The maximum Gasteiger partial charge on any atom is 0.0785 e. The molecule has 3 aliphatic heterocycles. The Labute approximate surface area is 772 Å². The predicted octanol–water partition coefficient (Wildman–Crippen LogP) is 33.5. The smallest absolute Gasteiger partial charge is 0.0785 e. The summed E-state index contributed by atoms with van der Waals surface area (Å²) in [5.74, 6) is 0. The van der Waals surface area contributed by atoms with Gasteiger partial charge in [0.15, 0.2) is 0 Å². The third kappa shape index (κ3) is 13.4. The van der Waals surface area contributed by atoms with E-state index in [4.69, 9.17) is 0 Å². The number of nitrogens with zero attached hydrogens (tertiary/aromatic N) is 7. The summed E-state index contributed by atoms with van der Waals surface area (Å²) in [5, 5.41) is 0. The summed E-state index contributed by atoms with van der Waals surface area (Å²) >= 11 is 1.90. The van der Waals surface area contributed by atoms with Gasteiger partial charge < -0.3 is 19.6 Å². The normalized spacial score (nSPS) is 14.4. The van der Waals surface area contributed by atoms with Crippen LogP contribution in [-0.4, -0.2) is 15.0 Å². The van der Waals surface area contributed by atoms with Gasteiger partial charge in [0, 0.05) is 101 Å². The summed E-state index contributed by atoms with van der Waals surface area (Å²) in [5.41, 5.74) is 46.5. The molecule has 131 heavy (non-hydrogen) atoms. The Bertz CT molecular complexity index is 7680. The standard InChI is InChI=1S/C44H33N3.C41H34N2.C38H28N2S/c1-44(2)36-21-10-9-20-35(36)42-37(44)24-26-40-43(42)47(34-18-7-4-8-19-34)39-25-23-31(29-41(39)46(40)33-16-5-3-6-17-33)30-14-13-15-32(28-30)38-22-11-12-27-45-38;1-40(2)32-18-9-8-17-31(32)38-34(40)22-23-36-39(38)41(3,4)33-21-20-28(26-37(33)43(36)30-15-6-5-7-16-30)27-13-12-14-29(25-27)35-19-10-11-24-42-35;1-38(2)30-16-7-6-15-29(30)36-31(38)19-20-33-37(36)41-35-21-18-26(24-34(35)40(33)28-13-4-3-5-14-28)25-11-10-12-27(23-25)32-17-8-9-22-39-32/h3-29H,1-2H3;5-26H,1-4H3;3-24H,1-2H3. The second-order valence-electron chi connectivity index (χ2n) is 37.0. The van der Waals surface area contributed by atoms with E-state index in [0.717, 1.165) is 73.3 Å². The first kappa shape index (κ1) is 80.1. The molecule has 8 heteroatoms. The molecule has 6 heterocycles. The Morgan fingerprint density at radius 2 is 0.542 bits per heavy atom. The molecule has 0 saturated heterocycles. The number of fused-ring (bicyclic) bond motifs is 18. The van der Waals surface area contributed by atoms with Crippen LogP contribution in [0, 0.1) is 0 Å². The van der Waals surface area contributed by atoms with Crippen LogP contribution in [0.3, 0.4) is 0 Å². The molecule has 25 rings (SSSR count). The van der Waals surface area contributed by atoms with Crippen molar-refractivity contribution in [2.75, 3.05) is 19.6 Å². The molecule has 0 radical (unpaired) electrons. The average molecular weight is 1700 g/mol. The first-order valence-electron chi connectivity index (χ1n) is 45.4. The van der Waals surface area contributed by atoms with Crippen LogP contribution in [0.4, 0.5) is 68.2 Å². The average Bonchev–Trinajstić information content (AvgIpc) is 1.60. The van der Waals surface area contributed by atoms with Gasteiger partial charge in [0.1, 0.15) is 0 Å². The summed E-state index contributed by atoms with van der Waals surface area (Å²) in [7, 11) is 0. The number of hydrogen-bond donors (Lipinski definition) is 0. The molecule has 7 nitrogen and oxygen atoms in total. The molecular weight excluding hydrogens is 1610 g/mol. The minimum absolute atomic E-state index is 0.0259. The fourth-order valence-corrected chi connectivity index (χ4v) is 22.8. The number of anilines is 12. The second-order valence-corrected chi connectivity index (χ2v) is 38.1. The van der Waals surface area contributed by atoms with Crippen LogP contribution in [0.1, 0.15) is 99.9 Å². The zero-order valence-corrected chi connectivity index (χ0v) is 75.3. The van der Waals surface area contributed by atoms with Gasteiger partial charge in [0.25, 0.3) is 0 Å². The molecule has 19 aromatic rings. The Hall–Kier alpha value is -15.5. The van der Waals surface area contributed by atoms with Crippen LogP contribution >= 0.6 is 11.8 Å². The van der Waals surface area contributed by atoms with Gasteiger partial charge in [0.2, 0.25) is 0 Å². The van der Waals surface area contributed by atoms with Crippen molar-refractivity contribution in [1.82, 2.24) is 15.0 Å². The maximum absolute atomic E-state index is 4.61. The number of aromatic nitrogens is 3. The molecule has 0 fully saturated rings. The number of hydrogen-bond acceptors (Lipinski definition) is 8. The van der Waals surface area contributed by atoms with E-state index in [9.17, 15) is 0 Å². The van der Waals surface area contributed by atoms with Crippen LogP contribution in [0.25, 0.3) is 101 Å². The quantitative estimate of drug-likeness (QED) is 0.134. The lowest BCUT2D eigenvalue weighted by molar-refractivity contribution is 0.627. The highest BCUT2D eigenvalue weighted by Gasteiger charge is 2.47. The van der Waals surface area contributed by atoms with Crippen molar-refractivity contribution in [3.63, 3.8) is 0 Å². The van der Waals surface area contributed by atoms with E-state index in [0.29, 0.717) is 0 Å². The van der Waals surface area contributed by atoms with E-state index in [2.05, 4.69) is 466 Å². The van der Waals surface area contributed by atoms with Crippen molar-refractivity contribution in [2.45, 2.75) is 86.8 Å². The van der Waals surface area contributed by atoms with Gasteiger partial charge in [0.05, 0.1) is 62.6 Å². The molecule has 16 aromatic carbocycles. The lowest BCUT2D eigenvalue weighted by Gasteiger charge is -2.43. The first-order valence-corrected chi connectivity index (χ1v) is 46.3. The van der Waals surface area contributed by atoms with Crippen molar-refractivity contribution in [2.24, 2.45) is 0 Å². The third-order valence-electron chi connectivity index (χ3n) is 28.0. The van der Waals surface area contributed by atoms with Crippen LogP contribution in [0.15, 0.2) is 441 Å². The van der Waals surface area contributed by atoms with E-state index < -0.39 is 0 Å². The van der Waals surface area contributed by atoms with Gasteiger partial charge in [-0.05, 0) is 252 Å². The van der Waals surface area contributed by atoms with Crippen molar-refractivity contribution >= 4 is 80.0 Å². The summed E-state index contributed by atoms with van der Waals surface area (Å²) < 4.78 is 0. The highest BCUT2D eigenvalue weighted by molar-refractivity contribution is 8.00. The largest absolute Gasteiger partial charge is 0.310 e. The second kappa shape index (κ2) is 31.8. The Kier molecular flexibility index (Phi) is 19.4. The van der Waals surface area contributed by atoms with Gasteiger partial charge in [-0.15, -0.1) is 0 Å². The lowest BCUT2D eigenvalue weighted by atomic mass is 9.69. The summed E-state index contributed by atoms with van der Waals surface area (Å²) in [6.45, 7) is 19.0. The minimum Gasteiger partial charge on any atom is -0.310 e. The Morgan fingerprint density at radius 1 is 0.206 bits per heavy atom. The number of benzene rings is 16. The number of pyridine rings is 3. The van der Waals surface area contributed by atoms with E-state index in [1.165, 1.54) is 150 Å². The van der Waals surface area contributed by atoms with E-state index >= 15 is 0 Å². The molecule has 6 aliphatic rings. The van der Waals surface area contributed by atoms with Gasteiger partial charge in [-0.1, -0.05) is 328 Å². The van der Waals surface area contributed by atoms with Crippen molar-refractivity contribution in [3.8, 4) is 101 Å². The fourth-order valence-electron chi connectivity index (χ4n) is 21.6. The SMILES string of the molecule is CC1(C)c2ccccc2-c2c1ccc1c2C(C)(C)c2ccc(-c3cccc(-c4ccccn4)c3)cc2N1c1ccccc1.CC1(C)c2ccccc2-c2c1ccc1c2N(c2ccccc2)c2ccc(-c3cccc(-c4ccccn4)c3)cc2N1c1ccccc1.CC1(C)c2ccccc2-c2c1ccc1c2Sc2ccc(-c3cccc(-c4ccccn4)c3)cc2N1c1ccccc1. The zero-order chi connectivity index (χ0) is 88.4. The van der Waals surface area contributed by atoms with Crippen molar-refractivity contribution < 1.29 is 0 Å². The molecule has 0 bridgehead atoms. The number of rotatable bonds is 10. The van der Waals surface area contributed by atoms with E-state index in [-0.39, 0.29) is 21.7 Å². The van der Waals surface area contributed by atoms with Crippen LogP contribution in [0.5, 0.6) is 0 Å². The molecule has 3 aromatic heterocycles. The summed E-state index contributed by atoms with van der Waals surface area (Å²) in [6, 6.07) is 149. The van der Waals surface area contributed by atoms with Gasteiger partial charge in [-0.2, -0.15) is 0 Å². The maximum atomic E-state index is 4.61. The Balaban J connectivity index is 0.000000112. The topological polar surface area (TPSA) is 51.6 Å². The van der Waals surface area contributed by atoms with Gasteiger partial charge in [-0.25, -0.2) is 0 Å².